The van der Waals surface area contributed by atoms with Gasteiger partial charge in [0, 0.05) is 11.5 Å². The minimum atomic E-state index is -10.0. The van der Waals surface area contributed by atoms with Crippen molar-refractivity contribution >= 4 is 21.1 Å². The summed E-state index contributed by atoms with van der Waals surface area (Å²) >= 11 is 0. The zero-order valence-electron chi connectivity index (χ0n) is 9.65. The van der Waals surface area contributed by atoms with Crippen LogP contribution in [0.15, 0.2) is 34.0 Å². The van der Waals surface area contributed by atoms with E-state index in [1.54, 1.807) is 0 Å². The molecule has 0 aliphatic heterocycles. The van der Waals surface area contributed by atoms with E-state index in [0.717, 1.165) is 0 Å². The summed E-state index contributed by atoms with van der Waals surface area (Å²) in [5.74, 6) is 0. The number of hydrogen-bond acceptors (Lipinski definition) is 1. The largest absolute Gasteiger partial charge is 0.431 e. The van der Waals surface area contributed by atoms with Crippen molar-refractivity contribution in [1.82, 2.24) is 4.98 Å². The Bertz CT molecular complexity index is 789. The van der Waals surface area contributed by atoms with Gasteiger partial charge in [0.1, 0.15) is 10.6 Å². The van der Waals surface area contributed by atoms with Crippen LogP contribution in [0.25, 0.3) is 10.9 Å². The lowest BCUT2D eigenvalue weighted by molar-refractivity contribution is -0.141. The molecule has 1 aromatic carbocycles. The highest BCUT2D eigenvalue weighted by atomic mass is 32.5. The molecule has 0 spiro atoms. The lowest BCUT2D eigenvalue weighted by atomic mass is 10.2. The van der Waals surface area contributed by atoms with E-state index in [2.05, 4.69) is 0 Å². The van der Waals surface area contributed by atoms with Crippen LogP contribution in [0.3, 0.4) is 0 Å². The third-order valence-electron chi connectivity index (χ3n) is 2.55. The smallest absolute Gasteiger partial charge is 0.351 e. The summed E-state index contributed by atoms with van der Waals surface area (Å²) in [5, 5.41) is -0.561. The molecule has 1 heterocycles. The maximum atomic E-state index is 12.6. The monoisotopic (exact) mass is 339 g/mol. The second kappa shape index (κ2) is 3.51. The number of pyridine rings is 1. The molecule has 0 atom stereocenters. The van der Waals surface area contributed by atoms with E-state index >= 15 is 0 Å². The predicted molar refractivity (Wildman–Crippen MR) is 61.0 cm³/mol. The molecule has 0 saturated heterocycles. The first-order valence-corrected chi connectivity index (χ1v) is 7.01. The van der Waals surface area contributed by atoms with Gasteiger partial charge in [-0.15, -0.1) is 0 Å². The molecule has 1 aromatic heterocycles. The van der Waals surface area contributed by atoms with Gasteiger partial charge in [-0.1, -0.05) is 19.4 Å². The van der Waals surface area contributed by atoms with Gasteiger partial charge < -0.3 is 4.98 Å². The molecule has 0 bridgehead atoms. The Balaban J connectivity index is 2.84. The highest BCUT2D eigenvalue weighted by molar-refractivity contribution is 8.45. The van der Waals surface area contributed by atoms with Crippen LogP contribution in [0.2, 0.25) is 0 Å². The molecule has 0 fully saturated rings. The van der Waals surface area contributed by atoms with E-state index in [9.17, 15) is 37.4 Å². The molecule has 2 rings (SSSR count). The van der Waals surface area contributed by atoms with Gasteiger partial charge in [-0.2, -0.15) is 13.2 Å². The quantitative estimate of drug-likeness (QED) is 0.711. The number of nitrogens with one attached hydrogen (secondary N) is 1. The van der Waals surface area contributed by atoms with Crippen molar-refractivity contribution in [3.05, 3.63) is 40.2 Å². The highest BCUT2D eigenvalue weighted by Gasteiger charge is 2.65. The van der Waals surface area contributed by atoms with E-state index in [-0.39, 0.29) is 18.2 Å². The fraction of sp³-hybridized carbons (Fsp3) is 0.100. The number of H-pyrrole nitrogens is 1. The maximum Gasteiger partial charge on any atom is 0.431 e. The average molecular weight is 339 g/mol. The molecular formula is C10H5F8NOS. The minimum absolute atomic E-state index is 0.0353. The number of alkyl halides is 3. The molecule has 0 aliphatic rings. The van der Waals surface area contributed by atoms with Crippen LogP contribution >= 0.6 is 10.2 Å². The molecule has 118 valence electrons. The molecule has 0 amide bonds. The summed E-state index contributed by atoms with van der Waals surface area (Å²) in [6.45, 7) is 0. The zero-order chi connectivity index (χ0) is 16.3. The lowest BCUT2D eigenvalue weighted by Crippen LogP contribution is -2.14. The third-order valence-corrected chi connectivity index (χ3v) is 3.70. The Labute approximate surface area is 111 Å². The van der Waals surface area contributed by atoms with Crippen LogP contribution in [-0.2, 0) is 6.18 Å². The Morgan fingerprint density at radius 3 is 2.00 bits per heavy atom. The summed E-state index contributed by atoms with van der Waals surface area (Å²) in [6, 6.07) is 0.309. The molecule has 0 radical (unpaired) electrons. The maximum absolute atomic E-state index is 12.6. The van der Waals surface area contributed by atoms with Crippen molar-refractivity contribution in [1.29, 1.82) is 0 Å². The molecule has 2 aromatic rings. The van der Waals surface area contributed by atoms with Crippen LogP contribution in [0.5, 0.6) is 0 Å². The highest BCUT2D eigenvalue weighted by Crippen LogP contribution is 3.02. The van der Waals surface area contributed by atoms with Crippen LogP contribution in [0, 0.1) is 0 Å². The van der Waals surface area contributed by atoms with Gasteiger partial charge in [0.25, 0.3) is 0 Å². The number of aromatic nitrogens is 1. The van der Waals surface area contributed by atoms with Gasteiger partial charge in [0.15, 0.2) is 5.43 Å². The fourth-order valence-corrected chi connectivity index (χ4v) is 2.29. The molecule has 2 nitrogen and oxygen atoms in total. The van der Waals surface area contributed by atoms with Crippen LogP contribution in [-0.4, -0.2) is 4.98 Å². The summed E-state index contributed by atoms with van der Waals surface area (Å²) in [7, 11) is -10.0. The SMILES string of the molecule is O=c1cc(C(F)(F)F)[nH]c2cc(S(F)(F)(F)(F)F)ccc12. The molecule has 1 N–H and O–H groups in total. The van der Waals surface area contributed by atoms with Gasteiger partial charge >= 0.3 is 16.4 Å². The topological polar surface area (TPSA) is 32.9 Å². The Kier molecular flexibility index (Phi) is 2.61. The molecule has 11 heteroatoms. The lowest BCUT2D eigenvalue weighted by Gasteiger charge is -2.40. The first kappa shape index (κ1) is 15.6. The summed E-state index contributed by atoms with van der Waals surface area (Å²) in [5.41, 5.74) is -3.83. The van der Waals surface area contributed by atoms with Crippen LogP contribution in [0.1, 0.15) is 5.69 Å². The first-order chi connectivity index (χ1) is 9.08. The minimum Gasteiger partial charge on any atom is -0.351 e. The number of fused-ring (bicyclic) bond motifs is 1. The van der Waals surface area contributed by atoms with E-state index in [4.69, 9.17) is 0 Å². The van der Waals surface area contributed by atoms with Crippen molar-refractivity contribution in [3.63, 3.8) is 0 Å². The third kappa shape index (κ3) is 3.12. The molecule has 0 unspecified atom stereocenters. The molecule has 0 saturated carbocycles. The van der Waals surface area contributed by atoms with Gasteiger partial charge in [-0.05, 0) is 18.2 Å². The van der Waals surface area contributed by atoms with Gasteiger partial charge in [-0.25, -0.2) is 0 Å². The number of hydrogen-bond donors (Lipinski definition) is 1. The Morgan fingerprint density at radius 2 is 1.52 bits per heavy atom. The fourth-order valence-electron chi connectivity index (χ4n) is 1.62. The van der Waals surface area contributed by atoms with Crippen LogP contribution < -0.4 is 5.43 Å². The zero-order valence-corrected chi connectivity index (χ0v) is 10.5. The number of halogens is 8. The van der Waals surface area contributed by atoms with Crippen molar-refractivity contribution in [2.45, 2.75) is 11.1 Å². The average Bonchev–Trinajstić information content (AvgIpc) is 2.23. The summed E-state index contributed by atoms with van der Waals surface area (Å²) in [4.78, 5) is 10.5. The van der Waals surface area contributed by atoms with E-state index < -0.39 is 43.3 Å². The van der Waals surface area contributed by atoms with Gasteiger partial charge in [-0.3, -0.25) is 4.79 Å². The second-order valence-corrected chi connectivity index (χ2v) is 6.63. The van der Waals surface area contributed by atoms with Crippen molar-refractivity contribution in [2.75, 3.05) is 0 Å². The first-order valence-electron chi connectivity index (χ1n) is 5.06. The van der Waals surface area contributed by atoms with E-state index in [0.29, 0.717) is 6.07 Å². The van der Waals surface area contributed by atoms with E-state index in [1.165, 1.54) is 4.98 Å². The standard InChI is InChI=1S/C10H5F8NOS/c11-10(12,13)9-4-8(20)6-2-1-5(3-7(6)19-9)21(14,15,16,17)18/h1-4H,(H,19,20). The Hall–Kier alpha value is -1.78. The van der Waals surface area contributed by atoms with Crippen molar-refractivity contribution in [3.8, 4) is 0 Å². The van der Waals surface area contributed by atoms with Crippen molar-refractivity contribution in [2.24, 2.45) is 0 Å². The number of rotatable bonds is 1. The van der Waals surface area contributed by atoms with Gasteiger partial charge in [0.05, 0.1) is 5.52 Å². The van der Waals surface area contributed by atoms with Crippen molar-refractivity contribution < 1.29 is 32.6 Å². The Morgan fingerprint density at radius 1 is 0.952 bits per heavy atom. The predicted octanol–water partition coefficient (Wildman–Crippen LogP) is 5.20. The summed E-state index contributed by atoms with van der Waals surface area (Å²) in [6.07, 6.45) is -5.03. The number of benzene rings is 1. The molecule has 21 heavy (non-hydrogen) atoms. The second-order valence-electron chi connectivity index (χ2n) is 4.22. The number of aromatic amines is 1. The van der Waals surface area contributed by atoms with E-state index in [1.807, 2.05) is 0 Å². The normalized spacial score (nSPS) is 16.6. The molecular weight excluding hydrogens is 334 g/mol. The summed E-state index contributed by atoms with van der Waals surface area (Å²) < 4.78 is 100. The van der Waals surface area contributed by atoms with Gasteiger partial charge in [0.2, 0.25) is 0 Å². The molecule has 0 aliphatic carbocycles. The van der Waals surface area contributed by atoms with Crippen LogP contribution in [0.4, 0.5) is 32.6 Å².